The summed E-state index contributed by atoms with van der Waals surface area (Å²) in [6.07, 6.45) is 1.42. The number of aliphatic hydroxyl groups excluding tert-OH is 1. The first-order chi connectivity index (χ1) is 7.98. The lowest BCUT2D eigenvalue weighted by Crippen LogP contribution is -2.50. The number of aryl methyl sites for hydroxylation is 2. The van der Waals surface area contributed by atoms with Crippen LogP contribution in [0.1, 0.15) is 47.1 Å². The lowest BCUT2D eigenvalue weighted by atomic mass is 9.94. The quantitative estimate of drug-likeness (QED) is 0.847. The van der Waals surface area contributed by atoms with Crippen molar-refractivity contribution in [3.05, 3.63) is 15.6 Å². The maximum atomic E-state index is 12.1. The number of rotatable bonds is 5. The lowest BCUT2D eigenvalue weighted by molar-refractivity contribution is 0.0821. The van der Waals surface area contributed by atoms with Gasteiger partial charge in [-0.15, -0.1) is 11.3 Å². The van der Waals surface area contributed by atoms with Crippen LogP contribution in [0.15, 0.2) is 0 Å². The zero-order valence-corrected chi connectivity index (χ0v) is 11.6. The Morgan fingerprint density at radius 1 is 1.41 bits per heavy atom. The molecule has 0 spiro atoms. The first kappa shape index (κ1) is 14.1. The maximum Gasteiger partial charge on any atom is 0.263 e. The highest BCUT2D eigenvalue weighted by atomic mass is 32.1. The molecule has 0 aromatic carbocycles. The smallest absolute Gasteiger partial charge is 0.263 e. The van der Waals surface area contributed by atoms with Gasteiger partial charge < -0.3 is 10.4 Å². The zero-order valence-electron chi connectivity index (χ0n) is 10.8. The molecule has 0 saturated carbocycles. The molecule has 0 saturated heterocycles. The molecule has 0 radical (unpaired) electrons. The summed E-state index contributed by atoms with van der Waals surface area (Å²) in [5.41, 5.74) is 0.241. The largest absolute Gasteiger partial charge is 0.394 e. The summed E-state index contributed by atoms with van der Waals surface area (Å²) < 4.78 is 0. The van der Waals surface area contributed by atoms with Crippen LogP contribution >= 0.6 is 11.3 Å². The van der Waals surface area contributed by atoms with Crippen molar-refractivity contribution in [1.29, 1.82) is 0 Å². The van der Waals surface area contributed by atoms with Gasteiger partial charge in [-0.3, -0.25) is 4.79 Å². The normalized spacial score (nSPS) is 11.6. The van der Waals surface area contributed by atoms with Gasteiger partial charge in [0.15, 0.2) is 0 Å². The average molecular weight is 256 g/mol. The fraction of sp³-hybridized carbons (Fsp3) is 0.667. The van der Waals surface area contributed by atoms with Crippen LogP contribution < -0.4 is 5.32 Å². The van der Waals surface area contributed by atoms with Crippen LogP contribution in [-0.4, -0.2) is 28.1 Å². The Balaban J connectivity index is 2.88. The third-order valence-electron chi connectivity index (χ3n) is 3.14. The Morgan fingerprint density at radius 2 is 2.00 bits per heavy atom. The van der Waals surface area contributed by atoms with Crippen LogP contribution in [0.2, 0.25) is 0 Å². The minimum absolute atomic E-state index is 0.0391. The minimum Gasteiger partial charge on any atom is -0.394 e. The van der Waals surface area contributed by atoms with Crippen molar-refractivity contribution in [2.45, 2.75) is 46.1 Å². The predicted octanol–water partition coefficient (Wildman–Crippen LogP) is 2.04. The molecule has 0 atom stereocenters. The number of carbonyl (C=O) groups excluding carboxylic acids is 1. The molecule has 1 amide bonds. The molecule has 1 aromatic rings. The van der Waals surface area contributed by atoms with E-state index in [1.807, 2.05) is 27.7 Å². The maximum absolute atomic E-state index is 12.1. The van der Waals surface area contributed by atoms with Crippen molar-refractivity contribution >= 4 is 17.2 Å². The number of hydrogen-bond acceptors (Lipinski definition) is 4. The number of aliphatic hydroxyl groups is 1. The summed E-state index contributed by atoms with van der Waals surface area (Å²) in [5.74, 6) is -0.133. The van der Waals surface area contributed by atoms with Gasteiger partial charge in [-0.05, 0) is 26.7 Å². The van der Waals surface area contributed by atoms with E-state index >= 15 is 0 Å². The van der Waals surface area contributed by atoms with Crippen LogP contribution in [0.25, 0.3) is 0 Å². The van der Waals surface area contributed by atoms with E-state index in [4.69, 9.17) is 0 Å². The van der Waals surface area contributed by atoms with Gasteiger partial charge >= 0.3 is 0 Å². The topological polar surface area (TPSA) is 62.2 Å². The van der Waals surface area contributed by atoms with Crippen molar-refractivity contribution in [1.82, 2.24) is 10.3 Å². The molecule has 1 heterocycles. The molecule has 0 aliphatic carbocycles. The second-order valence-electron chi connectivity index (χ2n) is 4.25. The Bertz CT molecular complexity index is 389. The average Bonchev–Trinajstić information content (AvgIpc) is 2.65. The minimum atomic E-state index is -0.512. The van der Waals surface area contributed by atoms with E-state index < -0.39 is 5.54 Å². The Morgan fingerprint density at radius 3 is 2.35 bits per heavy atom. The van der Waals surface area contributed by atoms with Crippen molar-refractivity contribution in [2.75, 3.05) is 6.61 Å². The van der Waals surface area contributed by atoms with Crippen molar-refractivity contribution in [3.63, 3.8) is 0 Å². The molecule has 4 nitrogen and oxygen atoms in total. The van der Waals surface area contributed by atoms with Crippen LogP contribution in [0.5, 0.6) is 0 Å². The first-order valence-electron chi connectivity index (χ1n) is 5.85. The fourth-order valence-corrected chi connectivity index (χ4v) is 2.54. The van der Waals surface area contributed by atoms with Gasteiger partial charge in [0.1, 0.15) is 4.88 Å². The molecule has 0 aliphatic rings. The second kappa shape index (κ2) is 5.60. The molecular formula is C12H20N2O2S. The summed E-state index contributed by atoms with van der Waals surface area (Å²) in [7, 11) is 0. The summed E-state index contributed by atoms with van der Waals surface area (Å²) in [6.45, 7) is 7.60. The SMILES string of the molecule is CCC(CC)(CO)NC(=O)c1sc(C)nc1C. The van der Waals surface area contributed by atoms with E-state index in [1.165, 1.54) is 11.3 Å². The van der Waals surface area contributed by atoms with E-state index in [0.29, 0.717) is 17.7 Å². The molecule has 0 bridgehead atoms. The van der Waals surface area contributed by atoms with Gasteiger partial charge in [0.2, 0.25) is 0 Å². The van der Waals surface area contributed by atoms with E-state index in [2.05, 4.69) is 10.3 Å². The summed E-state index contributed by atoms with van der Waals surface area (Å²) >= 11 is 1.39. The third kappa shape index (κ3) is 3.04. The van der Waals surface area contributed by atoms with Crippen LogP contribution in [0.3, 0.4) is 0 Å². The third-order valence-corrected chi connectivity index (χ3v) is 4.22. The van der Waals surface area contributed by atoms with Crippen LogP contribution in [0.4, 0.5) is 0 Å². The Labute approximate surface area is 106 Å². The molecule has 0 unspecified atom stereocenters. The van der Waals surface area contributed by atoms with E-state index in [-0.39, 0.29) is 12.5 Å². The number of nitrogens with zero attached hydrogens (tertiary/aromatic N) is 1. The first-order valence-corrected chi connectivity index (χ1v) is 6.67. The van der Waals surface area contributed by atoms with Crippen molar-refractivity contribution in [2.24, 2.45) is 0 Å². The molecule has 0 fully saturated rings. The summed E-state index contributed by atoms with van der Waals surface area (Å²) in [6, 6.07) is 0. The Kier molecular flexibility index (Phi) is 4.65. The molecule has 0 aliphatic heterocycles. The number of carbonyl (C=O) groups is 1. The van der Waals surface area contributed by atoms with Gasteiger partial charge in [0, 0.05) is 0 Å². The van der Waals surface area contributed by atoms with E-state index in [9.17, 15) is 9.90 Å². The number of hydrogen-bond donors (Lipinski definition) is 2. The second-order valence-corrected chi connectivity index (χ2v) is 5.45. The molecule has 1 aromatic heterocycles. The highest BCUT2D eigenvalue weighted by Crippen LogP contribution is 2.20. The van der Waals surface area contributed by atoms with Crippen molar-refractivity contribution in [3.8, 4) is 0 Å². The number of thiazole rings is 1. The molecule has 1 rings (SSSR count). The van der Waals surface area contributed by atoms with Gasteiger partial charge in [0.25, 0.3) is 5.91 Å². The number of amides is 1. The van der Waals surface area contributed by atoms with Gasteiger partial charge in [-0.2, -0.15) is 0 Å². The molecule has 2 N–H and O–H groups in total. The van der Waals surface area contributed by atoms with Crippen LogP contribution in [-0.2, 0) is 0 Å². The van der Waals surface area contributed by atoms with E-state index in [1.54, 1.807) is 0 Å². The standard InChI is InChI=1S/C12H20N2O2S/c1-5-12(6-2,7-15)14-11(16)10-8(3)13-9(4)17-10/h15H,5-7H2,1-4H3,(H,14,16). The predicted molar refractivity (Wildman–Crippen MR) is 69.5 cm³/mol. The van der Waals surface area contributed by atoms with Gasteiger partial charge in [-0.25, -0.2) is 4.98 Å². The monoisotopic (exact) mass is 256 g/mol. The fourth-order valence-electron chi connectivity index (χ4n) is 1.73. The number of nitrogens with one attached hydrogen (secondary N) is 1. The summed E-state index contributed by atoms with van der Waals surface area (Å²) in [4.78, 5) is 17.0. The van der Waals surface area contributed by atoms with Gasteiger partial charge in [0.05, 0.1) is 22.8 Å². The van der Waals surface area contributed by atoms with Crippen molar-refractivity contribution < 1.29 is 9.90 Å². The summed E-state index contributed by atoms with van der Waals surface area (Å²) in [5, 5.41) is 13.2. The molecule has 96 valence electrons. The molecular weight excluding hydrogens is 236 g/mol. The molecule has 17 heavy (non-hydrogen) atoms. The Hall–Kier alpha value is -0.940. The van der Waals surface area contributed by atoms with Gasteiger partial charge in [-0.1, -0.05) is 13.8 Å². The highest BCUT2D eigenvalue weighted by molar-refractivity contribution is 7.13. The number of aromatic nitrogens is 1. The highest BCUT2D eigenvalue weighted by Gasteiger charge is 2.28. The zero-order chi connectivity index (χ0) is 13.1. The molecule has 5 heteroatoms. The lowest BCUT2D eigenvalue weighted by Gasteiger charge is -2.30. The van der Waals surface area contributed by atoms with E-state index in [0.717, 1.165) is 10.7 Å². The van der Waals surface area contributed by atoms with Crippen LogP contribution in [0, 0.1) is 13.8 Å².